The van der Waals surface area contributed by atoms with Crippen molar-refractivity contribution in [2.24, 2.45) is 0 Å². The number of aryl methyl sites for hydroxylation is 1. The van der Waals surface area contributed by atoms with Crippen LogP contribution in [-0.2, 0) is 10.0 Å². The number of hydrogen-bond acceptors (Lipinski definition) is 2. The number of hydrogen-bond donors (Lipinski definition) is 0. The van der Waals surface area contributed by atoms with Gasteiger partial charge in [0.2, 0.25) is 10.0 Å². The minimum atomic E-state index is -3.40. The van der Waals surface area contributed by atoms with E-state index in [4.69, 9.17) is 11.6 Å². The molecule has 1 heterocycles. The lowest BCUT2D eigenvalue weighted by molar-refractivity contribution is 0.554. The van der Waals surface area contributed by atoms with Gasteiger partial charge in [-0.15, -0.1) is 0 Å². The molecule has 3 nitrogen and oxygen atoms in total. The van der Waals surface area contributed by atoms with Gasteiger partial charge in [0.05, 0.1) is 10.9 Å². The van der Waals surface area contributed by atoms with Gasteiger partial charge in [-0.2, -0.15) is 4.31 Å². The molecular weight excluding hydrogens is 294 g/mol. The zero-order valence-corrected chi connectivity index (χ0v) is 12.5. The Morgan fingerprint density at radius 2 is 1.85 bits per heavy atom. The van der Waals surface area contributed by atoms with Crippen molar-refractivity contribution in [2.45, 2.75) is 17.9 Å². The molecule has 0 saturated carbocycles. The summed E-state index contributed by atoms with van der Waals surface area (Å²) in [6.45, 7) is 2.44. The summed E-state index contributed by atoms with van der Waals surface area (Å²) in [5.74, 6) is 0. The molecule has 0 radical (unpaired) electrons. The fraction of sp³-hybridized carbons (Fsp3) is 0.200. The van der Waals surface area contributed by atoms with Crippen molar-refractivity contribution in [1.29, 1.82) is 0 Å². The van der Waals surface area contributed by atoms with Crippen LogP contribution in [0.25, 0.3) is 0 Å². The molecular formula is C15H14ClNO2S. The molecule has 3 rings (SSSR count). The second-order valence-electron chi connectivity index (χ2n) is 4.96. The predicted molar refractivity (Wildman–Crippen MR) is 79.3 cm³/mol. The van der Waals surface area contributed by atoms with Crippen molar-refractivity contribution in [3.8, 4) is 0 Å². The van der Waals surface area contributed by atoms with Crippen LogP contribution in [0, 0.1) is 6.92 Å². The van der Waals surface area contributed by atoms with E-state index in [1.165, 1.54) is 4.31 Å². The highest BCUT2D eigenvalue weighted by atomic mass is 35.5. The first-order valence-electron chi connectivity index (χ1n) is 6.32. The maximum atomic E-state index is 12.5. The zero-order chi connectivity index (χ0) is 14.3. The molecule has 5 heteroatoms. The van der Waals surface area contributed by atoms with Crippen LogP contribution in [0.15, 0.2) is 53.4 Å². The summed E-state index contributed by atoms with van der Waals surface area (Å²) in [7, 11) is -3.40. The van der Waals surface area contributed by atoms with E-state index in [1.807, 2.05) is 37.3 Å². The van der Waals surface area contributed by atoms with E-state index >= 15 is 0 Å². The van der Waals surface area contributed by atoms with Crippen LogP contribution in [-0.4, -0.2) is 19.3 Å². The van der Waals surface area contributed by atoms with Crippen molar-refractivity contribution in [3.63, 3.8) is 0 Å². The van der Waals surface area contributed by atoms with E-state index < -0.39 is 10.0 Å². The average molecular weight is 308 g/mol. The minimum absolute atomic E-state index is 0.0972. The number of sulfonamides is 1. The molecule has 1 unspecified atom stereocenters. The topological polar surface area (TPSA) is 37.1 Å². The van der Waals surface area contributed by atoms with Gasteiger partial charge in [0.1, 0.15) is 0 Å². The molecule has 1 saturated heterocycles. The predicted octanol–water partition coefficient (Wildman–Crippen LogP) is 3.39. The molecule has 2 aromatic rings. The van der Waals surface area contributed by atoms with Gasteiger partial charge in [-0.05, 0) is 36.8 Å². The Morgan fingerprint density at radius 3 is 2.50 bits per heavy atom. The van der Waals surface area contributed by atoms with Crippen molar-refractivity contribution < 1.29 is 8.42 Å². The van der Waals surface area contributed by atoms with Crippen molar-refractivity contribution in [3.05, 3.63) is 64.7 Å². The highest BCUT2D eigenvalue weighted by molar-refractivity contribution is 7.89. The lowest BCUT2D eigenvalue weighted by atomic mass is 10.2. The maximum Gasteiger partial charge on any atom is 0.243 e. The van der Waals surface area contributed by atoms with Gasteiger partial charge in [0.15, 0.2) is 0 Å². The minimum Gasteiger partial charge on any atom is -0.207 e. The molecule has 0 bridgehead atoms. The van der Waals surface area contributed by atoms with E-state index in [-0.39, 0.29) is 6.04 Å². The van der Waals surface area contributed by atoms with Gasteiger partial charge in [-0.25, -0.2) is 8.42 Å². The third kappa shape index (κ3) is 2.46. The lowest BCUT2D eigenvalue weighted by Gasteiger charge is -2.07. The SMILES string of the molecule is Cc1ccc(S(=O)(=O)N2C[C@H]2c2cccc(Cl)c2)cc1. The summed E-state index contributed by atoms with van der Waals surface area (Å²) in [4.78, 5) is 0.340. The molecule has 0 aliphatic carbocycles. The number of rotatable bonds is 3. The average Bonchev–Trinajstić information content (AvgIpc) is 3.20. The molecule has 0 spiro atoms. The fourth-order valence-electron chi connectivity index (χ4n) is 2.22. The normalized spacial score (nSPS) is 21.7. The molecule has 0 amide bonds. The third-order valence-electron chi connectivity index (χ3n) is 3.43. The first-order chi connectivity index (χ1) is 9.48. The van der Waals surface area contributed by atoms with Gasteiger partial charge in [0.25, 0.3) is 0 Å². The zero-order valence-electron chi connectivity index (χ0n) is 11.0. The maximum absolute atomic E-state index is 12.5. The molecule has 104 valence electrons. The van der Waals surface area contributed by atoms with Crippen molar-refractivity contribution in [2.75, 3.05) is 6.54 Å². The summed E-state index contributed by atoms with van der Waals surface area (Å²) >= 11 is 5.95. The molecule has 2 aromatic carbocycles. The van der Waals surface area contributed by atoms with Crippen LogP contribution < -0.4 is 0 Å². The number of nitrogens with zero attached hydrogens (tertiary/aromatic N) is 1. The Kier molecular flexibility index (Phi) is 3.32. The summed E-state index contributed by atoms with van der Waals surface area (Å²) < 4.78 is 26.4. The number of benzene rings is 2. The van der Waals surface area contributed by atoms with Crippen LogP contribution in [0.3, 0.4) is 0 Å². The summed E-state index contributed by atoms with van der Waals surface area (Å²) in [5, 5.41) is 0.627. The molecule has 0 aromatic heterocycles. The lowest BCUT2D eigenvalue weighted by Crippen LogP contribution is -2.12. The standard InChI is InChI=1S/C15H14ClNO2S/c1-11-5-7-14(8-6-11)20(18,19)17-10-15(17)12-3-2-4-13(16)9-12/h2-9,15H,10H2,1H3/t15-,17?/m0/s1. The van der Waals surface area contributed by atoms with Crippen LogP contribution in [0.5, 0.6) is 0 Å². The summed E-state index contributed by atoms with van der Waals surface area (Å²) in [6.07, 6.45) is 0. The van der Waals surface area contributed by atoms with Crippen LogP contribution in [0.4, 0.5) is 0 Å². The Bertz CT molecular complexity index is 741. The largest absolute Gasteiger partial charge is 0.243 e. The van der Waals surface area contributed by atoms with E-state index in [2.05, 4.69) is 0 Å². The molecule has 1 fully saturated rings. The van der Waals surface area contributed by atoms with E-state index in [0.717, 1.165) is 11.1 Å². The van der Waals surface area contributed by atoms with Gasteiger partial charge >= 0.3 is 0 Å². The number of halogens is 1. The van der Waals surface area contributed by atoms with E-state index in [1.54, 1.807) is 18.2 Å². The molecule has 0 N–H and O–H groups in total. The Balaban J connectivity index is 1.86. The quantitative estimate of drug-likeness (QED) is 0.815. The third-order valence-corrected chi connectivity index (χ3v) is 5.55. The van der Waals surface area contributed by atoms with Crippen molar-refractivity contribution in [1.82, 2.24) is 4.31 Å². The van der Waals surface area contributed by atoms with E-state index in [0.29, 0.717) is 16.5 Å². The fourth-order valence-corrected chi connectivity index (χ4v) is 3.96. The smallest absolute Gasteiger partial charge is 0.207 e. The monoisotopic (exact) mass is 307 g/mol. The van der Waals surface area contributed by atoms with E-state index in [9.17, 15) is 8.42 Å². The van der Waals surface area contributed by atoms with Gasteiger partial charge in [-0.1, -0.05) is 41.4 Å². The Morgan fingerprint density at radius 1 is 1.15 bits per heavy atom. The van der Waals surface area contributed by atoms with Gasteiger partial charge in [0, 0.05) is 11.6 Å². The van der Waals surface area contributed by atoms with Crippen molar-refractivity contribution >= 4 is 21.6 Å². The molecule has 1 aliphatic rings. The van der Waals surface area contributed by atoms with Crippen LogP contribution in [0.1, 0.15) is 17.2 Å². The Hall–Kier alpha value is -1.36. The molecule has 1 aliphatic heterocycles. The highest BCUT2D eigenvalue weighted by Crippen LogP contribution is 2.40. The summed E-state index contributed by atoms with van der Waals surface area (Å²) in [5.41, 5.74) is 1.98. The molecule has 20 heavy (non-hydrogen) atoms. The van der Waals surface area contributed by atoms with Crippen LogP contribution >= 0.6 is 11.6 Å². The first-order valence-corrected chi connectivity index (χ1v) is 8.14. The first kappa shape index (κ1) is 13.6. The van der Waals surface area contributed by atoms with Gasteiger partial charge < -0.3 is 0 Å². The highest BCUT2D eigenvalue weighted by Gasteiger charge is 2.45. The van der Waals surface area contributed by atoms with Gasteiger partial charge in [-0.3, -0.25) is 0 Å². The van der Waals surface area contributed by atoms with Crippen LogP contribution in [0.2, 0.25) is 5.02 Å². The molecule has 2 atom stereocenters. The second-order valence-corrected chi connectivity index (χ2v) is 7.29. The Labute approximate surface area is 123 Å². The summed E-state index contributed by atoms with van der Waals surface area (Å²) in [6, 6.07) is 14.2. The second kappa shape index (κ2) is 4.88.